The van der Waals surface area contributed by atoms with Crippen LogP contribution in [0.25, 0.3) is 11.4 Å². The normalized spacial score (nSPS) is 14.1. The molecule has 20 heavy (non-hydrogen) atoms. The van der Waals surface area contributed by atoms with E-state index in [2.05, 4.69) is 15.4 Å². The maximum Gasteiger partial charge on any atom is 0.204 e. The second-order valence-electron chi connectivity index (χ2n) is 4.62. The molecule has 2 unspecified atom stereocenters. The van der Waals surface area contributed by atoms with Gasteiger partial charge in [-0.25, -0.2) is 0 Å². The topological polar surface area (TPSA) is 69.6 Å². The zero-order valence-electron chi connectivity index (χ0n) is 11.0. The quantitative estimate of drug-likeness (QED) is 0.798. The van der Waals surface area contributed by atoms with Crippen LogP contribution in [0.5, 0.6) is 0 Å². The minimum absolute atomic E-state index is 0.0834. The van der Waals surface area contributed by atoms with E-state index >= 15 is 0 Å². The van der Waals surface area contributed by atoms with E-state index in [1.54, 1.807) is 16.1 Å². The average molecular weight is 285 g/mol. The Morgan fingerprint density at radius 2 is 1.95 bits per heavy atom. The van der Waals surface area contributed by atoms with Gasteiger partial charge in [0.25, 0.3) is 0 Å². The third kappa shape index (κ3) is 2.48. The van der Waals surface area contributed by atoms with E-state index in [1.165, 1.54) is 0 Å². The Labute approximate surface area is 121 Å². The molecule has 0 bridgehead atoms. The van der Waals surface area contributed by atoms with Crippen molar-refractivity contribution in [2.24, 2.45) is 5.73 Å². The molecule has 1 aromatic carbocycles. The highest BCUT2D eigenvalue weighted by molar-refractivity contribution is 7.10. The van der Waals surface area contributed by atoms with Gasteiger partial charge in [0.2, 0.25) is 5.82 Å². The van der Waals surface area contributed by atoms with Crippen molar-refractivity contribution in [2.45, 2.75) is 19.0 Å². The van der Waals surface area contributed by atoms with E-state index in [0.29, 0.717) is 5.82 Å². The second-order valence-corrected chi connectivity index (χ2v) is 5.60. The first-order chi connectivity index (χ1) is 9.75. The van der Waals surface area contributed by atoms with Gasteiger partial charge in [0.15, 0.2) is 0 Å². The first kappa shape index (κ1) is 13.0. The van der Waals surface area contributed by atoms with E-state index < -0.39 is 0 Å². The fourth-order valence-corrected chi connectivity index (χ4v) is 3.01. The Balaban J connectivity index is 1.96. The Morgan fingerprint density at radius 1 is 1.15 bits per heavy atom. The van der Waals surface area contributed by atoms with Gasteiger partial charge >= 0.3 is 0 Å². The molecular weight excluding hydrogens is 270 g/mol. The van der Waals surface area contributed by atoms with Gasteiger partial charge in [0.1, 0.15) is 6.04 Å². The molecule has 0 saturated heterocycles. The van der Waals surface area contributed by atoms with Crippen molar-refractivity contribution < 1.29 is 0 Å². The molecule has 0 aliphatic heterocycles. The largest absolute Gasteiger partial charge is 0.326 e. The minimum atomic E-state index is -0.0912. The summed E-state index contributed by atoms with van der Waals surface area (Å²) in [5.41, 5.74) is 7.04. The molecule has 0 fully saturated rings. The SMILES string of the molecule is CC(N)C(c1cccs1)n1nnc(-c2ccccc2)n1. The highest BCUT2D eigenvalue weighted by atomic mass is 32.1. The Bertz CT molecular complexity index is 660. The number of benzene rings is 1. The van der Waals surface area contributed by atoms with Gasteiger partial charge < -0.3 is 5.73 Å². The van der Waals surface area contributed by atoms with Crippen molar-refractivity contribution >= 4 is 11.3 Å². The third-order valence-electron chi connectivity index (χ3n) is 3.04. The third-order valence-corrected chi connectivity index (χ3v) is 3.98. The van der Waals surface area contributed by atoms with Crippen LogP contribution >= 0.6 is 11.3 Å². The molecule has 0 aliphatic carbocycles. The van der Waals surface area contributed by atoms with Crippen LogP contribution in [0.2, 0.25) is 0 Å². The monoisotopic (exact) mass is 285 g/mol. The maximum atomic E-state index is 6.09. The van der Waals surface area contributed by atoms with Crippen LogP contribution in [-0.2, 0) is 0 Å². The summed E-state index contributed by atoms with van der Waals surface area (Å²) in [6, 6.07) is 13.7. The number of nitrogens with two attached hydrogens (primary N) is 1. The molecule has 3 rings (SSSR count). The molecule has 5 nitrogen and oxygen atoms in total. The molecule has 0 radical (unpaired) electrons. The van der Waals surface area contributed by atoms with E-state index in [-0.39, 0.29) is 12.1 Å². The smallest absolute Gasteiger partial charge is 0.204 e. The lowest BCUT2D eigenvalue weighted by Gasteiger charge is -2.17. The fourth-order valence-electron chi connectivity index (χ4n) is 2.09. The van der Waals surface area contributed by atoms with Gasteiger partial charge in [-0.1, -0.05) is 36.4 Å². The summed E-state index contributed by atoms with van der Waals surface area (Å²) in [6.07, 6.45) is 0. The first-order valence-corrected chi connectivity index (χ1v) is 7.27. The fraction of sp³-hybridized carbons (Fsp3) is 0.214. The van der Waals surface area contributed by atoms with Gasteiger partial charge in [0.05, 0.1) is 0 Å². The lowest BCUT2D eigenvalue weighted by Crippen LogP contribution is -2.31. The Morgan fingerprint density at radius 3 is 2.60 bits per heavy atom. The average Bonchev–Trinajstić information content (AvgIpc) is 3.12. The number of tetrazole rings is 1. The lowest BCUT2D eigenvalue weighted by molar-refractivity contribution is 0.405. The predicted octanol–water partition coefficient (Wildman–Crippen LogP) is 2.34. The van der Waals surface area contributed by atoms with Crippen LogP contribution < -0.4 is 5.73 Å². The number of aromatic nitrogens is 4. The number of rotatable bonds is 4. The summed E-state index contributed by atoms with van der Waals surface area (Å²) in [5.74, 6) is 0.618. The molecular formula is C14H15N5S. The van der Waals surface area contributed by atoms with Gasteiger partial charge in [0, 0.05) is 16.5 Å². The summed E-state index contributed by atoms with van der Waals surface area (Å²) in [4.78, 5) is 2.75. The lowest BCUT2D eigenvalue weighted by atomic mass is 10.1. The summed E-state index contributed by atoms with van der Waals surface area (Å²) in [6.45, 7) is 1.95. The van der Waals surface area contributed by atoms with E-state index in [0.717, 1.165) is 10.4 Å². The van der Waals surface area contributed by atoms with E-state index in [1.807, 2.05) is 54.8 Å². The van der Waals surface area contributed by atoms with Crippen molar-refractivity contribution in [1.82, 2.24) is 20.2 Å². The highest BCUT2D eigenvalue weighted by Crippen LogP contribution is 2.24. The van der Waals surface area contributed by atoms with Crippen molar-refractivity contribution in [1.29, 1.82) is 0 Å². The molecule has 2 N–H and O–H groups in total. The van der Waals surface area contributed by atoms with Crippen molar-refractivity contribution in [3.63, 3.8) is 0 Å². The second kappa shape index (κ2) is 5.52. The Hall–Kier alpha value is -2.05. The van der Waals surface area contributed by atoms with Crippen molar-refractivity contribution in [2.75, 3.05) is 0 Å². The van der Waals surface area contributed by atoms with E-state index in [9.17, 15) is 0 Å². The van der Waals surface area contributed by atoms with Crippen molar-refractivity contribution in [3.8, 4) is 11.4 Å². The molecule has 3 aromatic rings. The van der Waals surface area contributed by atoms with Crippen LogP contribution in [0.1, 0.15) is 17.8 Å². The number of hydrogen-bond donors (Lipinski definition) is 1. The number of nitrogens with zero attached hydrogens (tertiary/aromatic N) is 4. The van der Waals surface area contributed by atoms with Crippen LogP contribution in [0.4, 0.5) is 0 Å². The molecule has 2 atom stereocenters. The predicted molar refractivity (Wildman–Crippen MR) is 79.4 cm³/mol. The molecule has 0 amide bonds. The standard InChI is InChI=1S/C14H15N5S/c1-10(15)13(12-8-5-9-20-12)19-17-14(16-18-19)11-6-3-2-4-7-11/h2-10,13H,15H2,1H3. The van der Waals surface area contributed by atoms with Crippen molar-refractivity contribution in [3.05, 3.63) is 52.7 Å². The first-order valence-electron chi connectivity index (χ1n) is 6.39. The molecule has 6 heteroatoms. The number of thiophene rings is 1. The van der Waals surface area contributed by atoms with Crippen LogP contribution in [0.15, 0.2) is 47.8 Å². The maximum absolute atomic E-state index is 6.09. The molecule has 0 saturated carbocycles. The molecule has 0 spiro atoms. The highest BCUT2D eigenvalue weighted by Gasteiger charge is 2.22. The Kier molecular flexibility index (Phi) is 3.58. The molecule has 2 aromatic heterocycles. The zero-order chi connectivity index (χ0) is 13.9. The molecule has 102 valence electrons. The van der Waals surface area contributed by atoms with Gasteiger partial charge in [-0.2, -0.15) is 4.80 Å². The minimum Gasteiger partial charge on any atom is -0.326 e. The summed E-state index contributed by atoms with van der Waals surface area (Å²) >= 11 is 1.65. The van der Waals surface area contributed by atoms with Crippen LogP contribution in [-0.4, -0.2) is 26.2 Å². The summed E-state index contributed by atoms with van der Waals surface area (Å²) in [7, 11) is 0. The molecule has 0 aliphatic rings. The van der Waals surface area contributed by atoms with Gasteiger partial charge in [-0.15, -0.1) is 21.5 Å². The zero-order valence-corrected chi connectivity index (χ0v) is 11.9. The van der Waals surface area contributed by atoms with Crippen LogP contribution in [0.3, 0.4) is 0 Å². The molecule has 2 heterocycles. The van der Waals surface area contributed by atoms with Crippen LogP contribution in [0, 0.1) is 0 Å². The van der Waals surface area contributed by atoms with E-state index in [4.69, 9.17) is 5.73 Å². The summed E-state index contributed by atoms with van der Waals surface area (Å²) < 4.78 is 0. The van der Waals surface area contributed by atoms with Gasteiger partial charge in [-0.05, 0) is 23.6 Å². The summed E-state index contributed by atoms with van der Waals surface area (Å²) in [5, 5.41) is 14.8. The number of hydrogen-bond acceptors (Lipinski definition) is 5. The van der Waals surface area contributed by atoms with Gasteiger partial charge in [-0.3, -0.25) is 0 Å².